The van der Waals surface area contributed by atoms with Gasteiger partial charge in [0, 0.05) is 19.4 Å². The average Bonchev–Trinajstić information content (AvgIpc) is 2.56. The Morgan fingerprint density at radius 2 is 1.84 bits per heavy atom. The van der Waals surface area contributed by atoms with Crippen molar-refractivity contribution in [2.24, 2.45) is 0 Å². The van der Waals surface area contributed by atoms with E-state index < -0.39 is 0 Å². The molecule has 6 heteroatoms. The molecule has 0 bridgehead atoms. The fourth-order valence-electron chi connectivity index (χ4n) is 2.01. The summed E-state index contributed by atoms with van der Waals surface area (Å²) >= 11 is 0. The zero-order chi connectivity index (χ0) is 13.7. The number of rotatable bonds is 4. The van der Waals surface area contributed by atoms with Crippen LogP contribution in [-0.4, -0.2) is 33.2 Å². The molecule has 6 nitrogen and oxygen atoms in total. The molecule has 1 aliphatic heterocycles. The molecule has 102 valence electrons. The van der Waals surface area contributed by atoms with Crippen molar-refractivity contribution in [3.8, 4) is 0 Å². The van der Waals surface area contributed by atoms with E-state index in [-0.39, 0.29) is 18.4 Å². The number of anilines is 1. The Hall–Kier alpha value is -1.98. The van der Waals surface area contributed by atoms with Crippen LogP contribution in [0.15, 0.2) is 12.4 Å². The van der Waals surface area contributed by atoms with Crippen molar-refractivity contribution >= 4 is 17.6 Å². The molecular formula is C13H18N4O2. The number of nitrogens with zero attached hydrogens (tertiary/aromatic N) is 3. The second kappa shape index (κ2) is 6.26. The van der Waals surface area contributed by atoms with E-state index in [1.165, 1.54) is 4.90 Å². The number of amides is 2. The van der Waals surface area contributed by atoms with Gasteiger partial charge >= 0.3 is 0 Å². The number of hydrogen-bond acceptors (Lipinski definition) is 5. The van der Waals surface area contributed by atoms with Gasteiger partial charge in [-0.15, -0.1) is 0 Å². The van der Waals surface area contributed by atoms with Crippen LogP contribution in [0, 0.1) is 0 Å². The summed E-state index contributed by atoms with van der Waals surface area (Å²) in [5.41, 5.74) is 0.630. The Labute approximate surface area is 112 Å². The van der Waals surface area contributed by atoms with Crippen LogP contribution in [0.5, 0.6) is 0 Å². The second-order valence-electron chi connectivity index (χ2n) is 4.50. The molecule has 0 saturated carbocycles. The molecule has 1 aromatic heterocycles. The first-order valence-corrected chi connectivity index (χ1v) is 6.58. The minimum atomic E-state index is -0.111. The molecule has 2 rings (SSSR count). The molecule has 1 saturated heterocycles. The number of aromatic nitrogens is 2. The van der Waals surface area contributed by atoms with Crippen LogP contribution in [-0.2, 0) is 16.1 Å². The SMILES string of the molecule is CCNc1cnc(CN2C(=O)CCCCC2=O)cn1. The zero-order valence-electron chi connectivity index (χ0n) is 11.1. The van der Waals surface area contributed by atoms with E-state index in [0.29, 0.717) is 24.4 Å². The van der Waals surface area contributed by atoms with E-state index in [4.69, 9.17) is 0 Å². The molecule has 2 heterocycles. The Balaban J connectivity index is 2.06. The average molecular weight is 262 g/mol. The van der Waals surface area contributed by atoms with Crippen molar-refractivity contribution in [1.82, 2.24) is 14.9 Å². The van der Waals surface area contributed by atoms with Gasteiger partial charge in [-0.3, -0.25) is 19.5 Å². The molecule has 0 aliphatic carbocycles. The summed E-state index contributed by atoms with van der Waals surface area (Å²) in [6.45, 7) is 2.97. The van der Waals surface area contributed by atoms with E-state index in [0.717, 1.165) is 19.4 Å². The lowest BCUT2D eigenvalue weighted by Gasteiger charge is -2.17. The third-order valence-corrected chi connectivity index (χ3v) is 3.02. The molecule has 0 atom stereocenters. The highest BCUT2D eigenvalue weighted by molar-refractivity contribution is 5.95. The number of carbonyl (C=O) groups is 2. The first-order valence-electron chi connectivity index (χ1n) is 6.58. The quantitative estimate of drug-likeness (QED) is 0.829. The third-order valence-electron chi connectivity index (χ3n) is 3.02. The number of likely N-dealkylation sites (tertiary alicyclic amines) is 1. The minimum absolute atomic E-state index is 0.111. The van der Waals surface area contributed by atoms with Crippen LogP contribution in [0.25, 0.3) is 0 Å². The van der Waals surface area contributed by atoms with E-state index in [2.05, 4.69) is 15.3 Å². The van der Waals surface area contributed by atoms with Crippen molar-refractivity contribution in [2.45, 2.75) is 39.2 Å². The first kappa shape index (κ1) is 13.5. The topological polar surface area (TPSA) is 75.2 Å². The molecular weight excluding hydrogens is 244 g/mol. The number of nitrogens with one attached hydrogen (secondary N) is 1. The van der Waals surface area contributed by atoms with E-state index in [1.54, 1.807) is 12.4 Å². The summed E-state index contributed by atoms with van der Waals surface area (Å²) in [5, 5.41) is 3.04. The molecule has 1 aromatic rings. The van der Waals surface area contributed by atoms with Gasteiger partial charge in [0.25, 0.3) is 0 Å². The first-order chi connectivity index (χ1) is 9.20. The smallest absolute Gasteiger partial charge is 0.229 e. The van der Waals surface area contributed by atoms with Gasteiger partial charge < -0.3 is 5.32 Å². The molecule has 0 radical (unpaired) electrons. The van der Waals surface area contributed by atoms with Gasteiger partial charge in [0.2, 0.25) is 11.8 Å². The van der Waals surface area contributed by atoms with Gasteiger partial charge in [-0.05, 0) is 19.8 Å². The maximum absolute atomic E-state index is 11.8. The normalized spacial score (nSPS) is 16.4. The number of hydrogen-bond donors (Lipinski definition) is 1. The fourth-order valence-corrected chi connectivity index (χ4v) is 2.01. The summed E-state index contributed by atoms with van der Waals surface area (Å²) in [6.07, 6.45) is 5.66. The van der Waals surface area contributed by atoms with Gasteiger partial charge in [0.05, 0.1) is 24.6 Å². The molecule has 2 amide bonds. The summed E-state index contributed by atoms with van der Waals surface area (Å²) in [7, 11) is 0. The molecule has 0 spiro atoms. The largest absolute Gasteiger partial charge is 0.369 e. The predicted octanol–water partition coefficient (Wildman–Crippen LogP) is 1.34. The molecule has 0 aromatic carbocycles. The van der Waals surface area contributed by atoms with Crippen LogP contribution < -0.4 is 5.32 Å². The highest BCUT2D eigenvalue weighted by Gasteiger charge is 2.24. The lowest BCUT2D eigenvalue weighted by Crippen LogP contribution is -2.34. The lowest BCUT2D eigenvalue weighted by molar-refractivity contribution is -0.144. The summed E-state index contributed by atoms with van der Waals surface area (Å²) in [6, 6.07) is 0. The predicted molar refractivity (Wildman–Crippen MR) is 70.2 cm³/mol. The Morgan fingerprint density at radius 1 is 1.16 bits per heavy atom. The zero-order valence-corrected chi connectivity index (χ0v) is 11.1. The number of imide groups is 1. The van der Waals surface area contributed by atoms with Crippen molar-refractivity contribution < 1.29 is 9.59 Å². The van der Waals surface area contributed by atoms with Crippen molar-refractivity contribution in [1.29, 1.82) is 0 Å². The van der Waals surface area contributed by atoms with Crippen LogP contribution in [0.4, 0.5) is 5.82 Å². The second-order valence-corrected chi connectivity index (χ2v) is 4.50. The minimum Gasteiger partial charge on any atom is -0.369 e. The third kappa shape index (κ3) is 3.49. The maximum Gasteiger partial charge on any atom is 0.229 e. The van der Waals surface area contributed by atoms with Gasteiger partial charge in [-0.1, -0.05) is 0 Å². The number of carbonyl (C=O) groups excluding carboxylic acids is 2. The van der Waals surface area contributed by atoms with Crippen LogP contribution in [0.1, 0.15) is 38.3 Å². The summed E-state index contributed by atoms with van der Waals surface area (Å²) in [5.74, 6) is 0.472. The van der Waals surface area contributed by atoms with Crippen molar-refractivity contribution in [3.05, 3.63) is 18.1 Å². The molecule has 1 fully saturated rings. The molecule has 0 unspecified atom stereocenters. The monoisotopic (exact) mass is 262 g/mol. The van der Waals surface area contributed by atoms with E-state index in [9.17, 15) is 9.59 Å². The highest BCUT2D eigenvalue weighted by atomic mass is 16.2. The van der Waals surface area contributed by atoms with Gasteiger partial charge in [0.15, 0.2) is 0 Å². The van der Waals surface area contributed by atoms with Crippen LogP contribution in [0.3, 0.4) is 0 Å². The van der Waals surface area contributed by atoms with Crippen LogP contribution in [0.2, 0.25) is 0 Å². The maximum atomic E-state index is 11.8. The van der Waals surface area contributed by atoms with Gasteiger partial charge in [0.1, 0.15) is 5.82 Å². The van der Waals surface area contributed by atoms with Crippen molar-refractivity contribution in [2.75, 3.05) is 11.9 Å². The van der Waals surface area contributed by atoms with E-state index in [1.807, 2.05) is 6.92 Å². The Bertz CT molecular complexity index is 440. The summed E-state index contributed by atoms with van der Waals surface area (Å²) < 4.78 is 0. The fraction of sp³-hybridized carbons (Fsp3) is 0.538. The lowest BCUT2D eigenvalue weighted by atomic mass is 10.2. The van der Waals surface area contributed by atoms with Gasteiger partial charge in [-0.25, -0.2) is 4.98 Å². The van der Waals surface area contributed by atoms with Gasteiger partial charge in [-0.2, -0.15) is 0 Å². The van der Waals surface area contributed by atoms with Crippen molar-refractivity contribution in [3.63, 3.8) is 0 Å². The molecule has 1 aliphatic rings. The molecule has 1 N–H and O–H groups in total. The van der Waals surface area contributed by atoms with E-state index >= 15 is 0 Å². The molecule has 19 heavy (non-hydrogen) atoms. The Morgan fingerprint density at radius 3 is 2.37 bits per heavy atom. The standard InChI is InChI=1S/C13H18N4O2/c1-2-14-11-8-15-10(7-16-11)9-17-12(18)5-3-4-6-13(17)19/h7-8H,2-6,9H2,1H3,(H,14,16). The highest BCUT2D eigenvalue weighted by Crippen LogP contribution is 2.15. The Kier molecular flexibility index (Phi) is 4.43. The summed E-state index contributed by atoms with van der Waals surface area (Å²) in [4.78, 5) is 33.4. The van der Waals surface area contributed by atoms with Crippen LogP contribution >= 0.6 is 0 Å².